The van der Waals surface area contributed by atoms with Crippen LogP contribution in [0.5, 0.6) is 0 Å². The summed E-state index contributed by atoms with van der Waals surface area (Å²) in [5.41, 5.74) is 8.71. The van der Waals surface area contributed by atoms with Crippen LogP contribution in [-0.4, -0.2) is 79.8 Å². The van der Waals surface area contributed by atoms with E-state index < -0.39 is 60.2 Å². The number of benzene rings is 2. The number of hydrogen-bond acceptors (Lipinski definition) is 9. The number of nitrogens with two attached hydrogens (primary N) is 1. The molecule has 2 aromatic carbocycles. The maximum absolute atomic E-state index is 13.6. The molecule has 1 heterocycles. The van der Waals surface area contributed by atoms with Gasteiger partial charge < -0.3 is 26.8 Å². The van der Waals surface area contributed by atoms with Gasteiger partial charge >= 0.3 is 12.0 Å². The number of H-pyrrole nitrogens is 1. The van der Waals surface area contributed by atoms with Gasteiger partial charge in [-0.15, -0.1) is 10.2 Å². The normalized spacial score (nSPS) is 13.1. The Hall–Kier alpha value is -5.67. The molecule has 1 aromatic heterocycles. The molecule has 0 saturated heterocycles. The van der Waals surface area contributed by atoms with Gasteiger partial charge in [0.15, 0.2) is 5.82 Å². The lowest BCUT2D eigenvalue weighted by Gasteiger charge is -2.26. The Morgan fingerprint density at radius 2 is 1.68 bits per heavy atom. The summed E-state index contributed by atoms with van der Waals surface area (Å²) in [6.07, 6.45) is 0.703. The van der Waals surface area contributed by atoms with Gasteiger partial charge in [-0.2, -0.15) is 10.3 Å². The number of hydrogen-bond donors (Lipinski definition) is 7. The summed E-state index contributed by atoms with van der Waals surface area (Å²) in [6.45, 7) is 3.37. The van der Waals surface area contributed by atoms with Crippen LogP contribution in [0.1, 0.15) is 42.9 Å². The molecule has 232 valence electrons. The number of aliphatic carboxylic acids is 1. The van der Waals surface area contributed by atoms with Crippen molar-refractivity contribution in [3.8, 4) is 11.1 Å². The van der Waals surface area contributed by atoms with Crippen LogP contribution in [0.25, 0.3) is 11.1 Å². The number of rotatable bonds is 15. The summed E-state index contributed by atoms with van der Waals surface area (Å²) in [6, 6.07) is 11.9. The summed E-state index contributed by atoms with van der Waals surface area (Å²) in [4.78, 5) is 62.6. The molecule has 3 atom stereocenters. The van der Waals surface area contributed by atoms with Crippen molar-refractivity contribution in [3.05, 3.63) is 66.0 Å². The molecular weight excluding hydrogens is 572 g/mol. The number of aromatic nitrogens is 4. The highest BCUT2D eigenvalue weighted by atomic mass is 16.4. The van der Waals surface area contributed by atoms with Gasteiger partial charge in [0.25, 0.3) is 5.91 Å². The zero-order valence-electron chi connectivity index (χ0n) is 24.1. The molecule has 16 nitrogen and oxygen atoms in total. The van der Waals surface area contributed by atoms with Crippen molar-refractivity contribution >= 4 is 35.9 Å². The van der Waals surface area contributed by atoms with Crippen LogP contribution in [0, 0.1) is 5.92 Å². The fraction of sp³-hybridized carbons (Fsp3) is 0.321. The minimum Gasteiger partial charge on any atom is -0.481 e. The molecule has 44 heavy (non-hydrogen) atoms. The van der Waals surface area contributed by atoms with Crippen LogP contribution in [0.4, 0.5) is 4.79 Å². The Balaban J connectivity index is 1.81. The Kier molecular flexibility index (Phi) is 12.0. The summed E-state index contributed by atoms with van der Waals surface area (Å²) in [5, 5.41) is 34.3. The van der Waals surface area contributed by atoms with E-state index in [0.29, 0.717) is 17.0 Å². The van der Waals surface area contributed by atoms with Gasteiger partial charge in [0, 0.05) is 18.2 Å². The third-order valence-electron chi connectivity index (χ3n) is 6.32. The molecule has 3 rings (SSSR count). The second kappa shape index (κ2) is 16.1. The largest absolute Gasteiger partial charge is 0.481 e. The van der Waals surface area contributed by atoms with Crippen LogP contribution >= 0.6 is 0 Å². The summed E-state index contributed by atoms with van der Waals surface area (Å²) in [5.74, 6) is -3.25. The maximum Gasteiger partial charge on any atom is 0.332 e. The summed E-state index contributed by atoms with van der Waals surface area (Å²) < 4.78 is 0. The molecule has 0 spiro atoms. The lowest BCUT2D eigenvalue weighted by Crippen LogP contribution is -2.57. The number of nitrogens with zero attached hydrogens (tertiary/aromatic N) is 4. The Labute approximate surface area is 252 Å². The van der Waals surface area contributed by atoms with Gasteiger partial charge in [-0.1, -0.05) is 67.6 Å². The Bertz CT molecular complexity index is 1460. The summed E-state index contributed by atoms with van der Waals surface area (Å²) >= 11 is 0. The number of aromatic amines is 1. The fourth-order valence-corrected chi connectivity index (χ4v) is 4.20. The average molecular weight is 607 g/mol. The molecule has 16 heteroatoms. The van der Waals surface area contributed by atoms with Crippen molar-refractivity contribution in [2.75, 3.05) is 0 Å². The van der Waals surface area contributed by atoms with E-state index in [0.717, 1.165) is 11.8 Å². The van der Waals surface area contributed by atoms with Gasteiger partial charge in [-0.3, -0.25) is 19.2 Å². The zero-order valence-corrected chi connectivity index (χ0v) is 24.1. The molecule has 0 unspecified atom stereocenters. The van der Waals surface area contributed by atoms with Crippen molar-refractivity contribution in [2.45, 2.75) is 51.2 Å². The predicted molar refractivity (Wildman–Crippen MR) is 158 cm³/mol. The highest BCUT2D eigenvalue weighted by Gasteiger charge is 2.31. The molecule has 8 N–H and O–H groups in total. The third-order valence-corrected chi connectivity index (χ3v) is 6.32. The first-order chi connectivity index (χ1) is 21.0. The van der Waals surface area contributed by atoms with E-state index in [2.05, 4.69) is 41.7 Å². The molecule has 0 radical (unpaired) electrons. The minimum absolute atomic E-state index is 0.0735. The monoisotopic (exact) mass is 606 g/mol. The van der Waals surface area contributed by atoms with Crippen molar-refractivity contribution in [3.63, 3.8) is 0 Å². The van der Waals surface area contributed by atoms with Crippen molar-refractivity contribution in [2.24, 2.45) is 16.8 Å². The standard InChI is InChI=1S/C28H34N10O6/c1-16(2)24(27(43)31-18(14-23(39)40)15-30-36-28(29)44)33-26(42)21(12-13-22-34-37-38-35-22)32-25(41)20-11-7-6-10-19(20)17-8-4-3-5-9-17/h3-11,15-16,18,21,24H,12-14H2,1-2H3,(H,31,43)(H,32,41)(H,33,42)(H,39,40)(H3,29,36,44)(H,34,35,37,38)/b30-15+/t18-,21-,24-/m0/s1. The average Bonchev–Trinajstić information content (AvgIpc) is 3.51. The summed E-state index contributed by atoms with van der Waals surface area (Å²) in [7, 11) is 0. The number of carbonyl (C=O) groups is 5. The van der Waals surface area contributed by atoms with E-state index in [1.807, 2.05) is 35.8 Å². The van der Waals surface area contributed by atoms with Crippen molar-refractivity contribution < 1.29 is 29.1 Å². The van der Waals surface area contributed by atoms with E-state index in [1.54, 1.807) is 38.1 Å². The SMILES string of the molecule is CC(C)[C@H](NC(=O)[C@H](CCc1nn[nH]n1)NC(=O)c1ccccc1-c1ccccc1)C(=O)N[C@H](/C=N/NC(N)=O)CC(=O)O. The molecule has 0 aliphatic rings. The van der Waals surface area contributed by atoms with E-state index in [-0.39, 0.29) is 12.8 Å². The quantitative estimate of drug-likeness (QED) is 0.0930. The first kappa shape index (κ1) is 32.8. The molecular formula is C28H34N10O6. The molecule has 5 amide bonds. The van der Waals surface area contributed by atoms with Crippen LogP contribution in [0.2, 0.25) is 0 Å². The number of tetrazole rings is 1. The number of carbonyl (C=O) groups excluding carboxylic acids is 4. The first-order valence-electron chi connectivity index (χ1n) is 13.6. The van der Waals surface area contributed by atoms with Crippen LogP contribution < -0.4 is 27.1 Å². The second-order valence-corrected chi connectivity index (χ2v) is 10.0. The smallest absolute Gasteiger partial charge is 0.332 e. The number of carboxylic acids is 1. The molecule has 0 aliphatic carbocycles. The lowest BCUT2D eigenvalue weighted by molar-refractivity contribution is -0.137. The van der Waals surface area contributed by atoms with E-state index in [4.69, 9.17) is 5.73 Å². The van der Waals surface area contributed by atoms with E-state index >= 15 is 0 Å². The molecule has 3 aromatic rings. The molecule has 0 aliphatic heterocycles. The van der Waals surface area contributed by atoms with Crippen LogP contribution in [-0.2, 0) is 20.8 Å². The first-order valence-corrected chi connectivity index (χ1v) is 13.6. The lowest BCUT2D eigenvalue weighted by atomic mass is 9.98. The van der Waals surface area contributed by atoms with Gasteiger partial charge in [0.2, 0.25) is 11.8 Å². The molecule has 0 bridgehead atoms. The fourth-order valence-electron chi connectivity index (χ4n) is 4.20. The number of nitrogens with one attached hydrogen (secondary N) is 5. The topological polar surface area (TPSA) is 247 Å². The van der Waals surface area contributed by atoms with Gasteiger partial charge in [0.1, 0.15) is 12.1 Å². The van der Waals surface area contributed by atoms with Gasteiger partial charge in [-0.25, -0.2) is 10.2 Å². The molecule has 0 fully saturated rings. The number of urea groups is 1. The Morgan fingerprint density at radius 1 is 0.977 bits per heavy atom. The highest BCUT2D eigenvalue weighted by molar-refractivity contribution is 6.03. The third kappa shape index (κ3) is 10.0. The molecule has 0 saturated carbocycles. The number of primary amides is 1. The Morgan fingerprint density at radius 3 is 2.32 bits per heavy atom. The zero-order chi connectivity index (χ0) is 32.1. The van der Waals surface area contributed by atoms with Crippen LogP contribution in [0.15, 0.2) is 59.7 Å². The number of hydrazone groups is 1. The van der Waals surface area contributed by atoms with Gasteiger partial charge in [-0.05, 0) is 29.5 Å². The minimum atomic E-state index is -1.24. The van der Waals surface area contributed by atoms with E-state index in [1.165, 1.54) is 0 Å². The highest BCUT2D eigenvalue weighted by Crippen LogP contribution is 2.23. The number of carboxylic acid groups (broad SMARTS) is 1. The predicted octanol–water partition coefficient (Wildman–Crippen LogP) is 0.352. The van der Waals surface area contributed by atoms with Crippen molar-refractivity contribution in [1.29, 1.82) is 0 Å². The maximum atomic E-state index is 13.6. The van der Waals surface area contributed by atoms with Crippen molar-refractivity contribution in [1.82, 2.24) is 42.0 Å². The van der Waals surface area contributed by atoms with E-state index in [9.17, 15) is 29.1 Å². The number of amides is 5. The van der Waals surface area contributed by atoms with Crippen LogP contribution in [0.3, 0.4) is 0 Å². The van der Waals surface area contributed by atoms with Gasteiger partial charge in [0.05, 0.1) is 12.5 Å². The number of aryl methyl sites for hydroxylation is 1. The second-order valence-electron chi connectivity index (χ2n) is 10.0.